The first-order valence-electron chi connectivity index (χ1n) is 15.5. The van der Waals surface area contributed by atoms with Crippen LogP contribution in [-0.2, 0) is 4.74 Å². The number of aliphatic hydroxyl groups is 2. The molecule has 1 saturated heterocycles. The lowest BCUT2D eigenvalue weighted by Gasteiger charge is -2.64. The summed E-state index contributed by atoms with van der Waals surface area (Å²) in [5.41, 5.74) is 0.581. The van der Waals surface area contributed by atoms with Gasteiger partial charge in [-0.2, -0.15) is 0 Å². The third-order valence-electron chi connectivity index (χ3n) is 12.5. The Hall–Kier alpha value is -0.810. The zero-order chi connectivity index (χ0) is 25.7. The zero-order valence-electron chi connectivity index (χ0n) is 23.5. The van der Waals surface area contributed by atoms with E-state index in [0.717, 1.165) is 64.5 Å². The molecule has 5 heteroatoms. The van der Waals surface area contributed by atoms with Gasteiger partial charge in [-0.1, -0.05) is 34.1 Å². The Morgan fingerprint density at radius 1 is 1.00 bits per heavy atom. The Balaban J connectivity index is 1.24. The molecule has 1 amide bonds. The molecule has 0 spiro atoms. The van der Waals surface area contributed by atoms with Crippen molar-refractivity contribution in [1.82, 2.24) is 4.90 Å². The molecule has 0 aromatic carbocycles. The molecule has 0 radical (unpaired) electrons. The van der Waals surface area contributed by atoms with Crippen molar-refractivity contribution in [2.75, 3.05) is 19.7 Å². The summed E-state index contributed by atoms with van der Waals surface area (Å²) in [5.74, 6) is 3.75. The lowest BCUT2D eigenvalue weighted by Crippen LogP contribution is -2.62. The first-order valence-corrected chi connectivity index (χ1v) is 15.5. The molecule has 0 aromatic rings. The first kappa shape index (κ1) is 26.8. The van der Waals surface area contributed by atoms with Crippen molar-refractivity contribution in [1.29, 1.82) is 0 Å². The van der Waals surface area contributed by atoms with E-state index >= 15 is 0 Å². The molecular formula is C31H53NO4. The van der Waals surface area contributed by atoms with Gasteiger partial charge in [0.2, 0.25) is 0 Å². The van der Waals surface area contributed by atoms with Crippen LogP contribution in [-0.4, -0.2) is 53.1 Å². The maximum atomic E-state index is 12.2. The SMILES string of the molecule is CC[C@H]1[C@@H](O)[C@@H]2[C@H](CC[C@]3(C)[C@@H]([C@H](C)CCCOC(=O)N4CCCC4)CC[C@@H]23)[C@@]2(C)CC[C@@H](O)C[C@@H]12. The fraction of sp³-hybridized carbons (Fsp3) is 0.968. The number of aliphatic hydroxyl groups excluding tert-OH is 2. The van der Waals surface area contributed by atoms with Crippen LogP contribution in [0.15, 0.2) is 0 Å². The van der Waals surface area contributed by atoms with Gasteiger partial charge in [0.05, 0.1) is 18.8 Å². The van der Waals surface area contributed by atoms with Gasteiger partial charge >= 0.3 is 6.09 Å². The van der Waals surface area contributed by atoms with Gasteiger partial charge in [-0.3, -0.25) is 0 Å². The molecule has 4 saturated carbocycles. The molecule has 5 nitrogen and oxygen atoms in total. The van der Waals surface area contributed by atoms with Gasteiger partial charge in [0.1, 0.15) is 0 Å². The number of amides is 1. The number of hydrogen-bond acceptors (Lipinski definition) is 4. The molecule has 1 aliphatic heterocycles. The van der Waals surface area contributed by atoms with Crippen molar-refractivity contribution in [3.8, 4) is 0 Å². The molecule has 1 heterocycles. The van der Waals surface area contributed by atoms with E-state index in [1.54, 1.807) is 0 Å². The molecular weight excluding hydrogens is 450 g/mol. The van der Waals surface area contributed by atoms with Crippen LogP contribution < -0.4 is 0 Å². The zero-order valence-corrected chi connectivity index (χ0v) is 23.5. The fourth-order valence-corrected chi connectivity index (χ4v) is 10.7. The first-order chi connectivity index (χ1) is 17.2. The van der Waals surface area contributed by atoms with E-state index in [2.05, 4.69) is 27.7 Å². The fourth-order valence-electron chi connectivity index (χ4n) is 10.7. The second kappa shape index (κ2) is 10.4. The lowest BCUT2D eigenvalue weighted by atomic mass is 9.41. The molecule has 0 bridgehead atoms. The maximum Gasteiger partial charge on any atom is 0.409 e. The van der Waals surface area contributed by atoms with Crippen molar-refractivity contribution in [3.05, 3.63) is 0 Å². The summed E-state index contributed by atoms with van der Waals surface area (Å²) in [5, 5.41) is 22.4. The van der Waals surface area contributed by atoms with E-state index < -0.39 is 0 Å². The minimum absolute atomic E-state index is 0.120. The van der Waals surface area contributed by atoms with Crippen LogP contribution >= 0.6 is 0 Å². The second-order valence-corrected chi connectivity index (χ2v) is 14.0. The summed E-state index contributed by atoms with van der Waals surface area (Å²) in [4.78, 5) is 14.1. The van der Waals surface area contributed by atoms with Crippen LogP contribution in [0.4, 0.5) is 4.79 Å². The summed E-state index contributed by atoms with van der Waals surface area (Å²) in [6.07, 6.45) is 12.8. The molecule has 36 heavy (non-hydrogen) atoms. The minimum atomic E-state index is -0.216. The standard InChI is InChI=1S/C31H53NO4/c1-5-22-26-19-21(33)12-14-31(26,4)25-13-15-30(3)23(10-11-24(30)27(25)28(22)34)20(2)9-8-18-36-29(35)32-16-6-7-17-32/h20-28,33-34H,5-19H2,1-4H3/t20-,21-,22-,23-,24+,25+,26+,27+,28-,30-,31-/m1/s1. The molecule has 0 aromatic heterocycles. The smallest absolute Gasteiger partial charge is 0.409 e. The Bertz CT molecular complexity index is 783. The van der Waals surface area contributed by atoms with E-state index in [-0.39, 0.29) is 23.7 Å². The number of nitrogens with zero attached hydrogens (tertiary/aromatic N) is 1. The highest BCUT2D eigenvalue weighted by Crippen LogP contribution is 2.69. The Morgan fingerprint density at radius 3 is 2.42 bits per heavy atom. The van der Waals surface area contributed by atoms with Gasteiger partial charge in [0.25, 0.3) is 0 Å². The van der Waals surface area contributed by atoms with Crippen molar-refractivity contribution in [3.63, 3.8) is 0 Å². The third kappa shape index (κ3) is 4.42. The molecule has 5 fully saturated rings. The Kier molecular flexibility index (Phi) is 7.73. The van der Waals surface area contributed by atoms with Crippen molar-refractivity contribution in [2.24, 2.45) is 52.3 Å². The van der Waals surface area contributed by atoms with Crippen LogP contribution in [0.2, 0.25) is 0 Å². The van der Waals surface area contributed by atoms with Crippen molar-refractivity contribution < 1.29 is 19.7 Å². The largest absolute Gasteiger partial charge is 0.449 e. The predicted molar refractivity (Wildman–Crippen MR) is 142 cm³/mol. The van der Waals surface area contributed by atoms with Crippen LogP contribution in [0.3, 0.4) is 0 Å². The molecule has 206 valence electrons. The number of carbonyl (C=O) groups excluding carboxylic acids is 1. The highest BCUT2D eigenvalue weighted by atomic mass is 16.6. The van der Waals surface area contributed by atoms with Gasteiger partial charge in [0.15, 0.2) is 0 Å². The normalized spacial score (nSPS) is 47.1. The highest BCUT2D eigenvalue weighted by Gasteiger charge is 2.64. The van der Waals surface area contributed by atoms with Crippen molar-refractivity contribution >= 4 is 6.09 Å². The number of likely N-dealkylation sites (tertiary alicyclic amines) is 1. The van der Waals surface area contributed by atoms with Gasteiger partial charge in [-0.25, -0.2) is 4.79 Å². The number of fused-ring (bicyclic) bond motifs is 5. The Morgan fingerprint density at radius 2 is 1.69 bits per heavy atom. The molecule has 2 N–H and O–H groups in total. The van der Waals surface area contributed by atoms with Crippen LogP contribution in [0, 0.1) is 52.3 Å². The van der Waals surface area contributed by atoms with Crippen molar-refractivity contribution in [2.45, 2.75) is 117 Å². The van der Waals surface area contributed by atoms with E-state index in [0.29, 0.717) is 53.4 Å². The number of carbonyl (C=O) groups is 1. The molecule has 11 atom stereocenters. The molecule has 4 aliphatic carbocycles. The summed E-state index contributed by atoms with van der Waals surface area (Å²) < 4.78 is 5.58. The van der Waals surface area contributed by atoms with Gasteiger partial charge in [-0.15, -0.1) is 0 Å². The van der Waals surface area contributed by atoms with Crippen LogP contribution in [0.1, 0.15) is 105 Å². The summed E-state index contributed by atoms with van der Waals surface area (Å²) in [7, 11) is 0. The second-order valence-electron chi connectivity index (χ2n) is 14.0. The summed E-state index contributed by atoms with van der Waals surface area (Å²) in [6.45, 7) is 12.0. The van der Waals surface area contributed by atoms with E-state index in [4.69, 9.17) is 4.74 Å². The summed E-state index contributed by atoms with van der Waals surface area (Å²) >= 11 is 0. The monoisotopic (exact) mass is 503 g/mol. The third-order valence-corrected chi connectivity index (χ3v) is 12.5. The molecule has 0 unspecified atom stereocenters. The number of hydrogen-bond donors (Lipinski definition) is 2. The van der Waals surface area contributed by atoms with Gasteiger partial charge in [-0.05, 0) is 123 Å². The van der Waals surface area contributed by atoms with Gasteiger partial charge in [0, 0.05) is 13.1 Å². The van der Waals surface area contributed by atoms with E-state index in [1.165, 1.54) is 25.7 Å². The maximum absolute atomic E-state index is 12.2. The van der Waals surface area contributed by atoms with Crippen LogP contribution in [0.25, 0.3) is 0 Å². The summed E-state index contributed by atoms with van der Waals surface area (Å²) in [6, 6.07) is 0. The quantitative estimate of drug-likeness (QED) is 0.420. The lowest BCUT2D eigenvalue weighted by molar-refractivity contribution is -0.203. The van der Waals surface area contributed by atoms with E-state index in [1.807, 2.05) is 4.90 Å². The number of ether oxygens (including phenoxy) is 1. The van der Waals surface area contributed by atoms with E-state index in [9.17, 15) is 15.0 Å². The Labute approximate surface area is 219 Å². The minimum Gasteiger partial charge on any atom is -0.449 e. The predicted octanol–water partition coefficient (Wildman–Crippen LogP) is 6.26. The average Bonchev–Trinajstić information content (AvgIpc) is 3.51. The topological polar surface area (TPSA) is 70.0 Å². The van der Waals surface area contributed by atoms with Gasteiger partial charge < -0.3 is 19.8 Å². The molecule has 5 aliphatic rings. The number of rotatable bonds is 6. The highest BCUT2D eigenvalue weighted by molar-refractivity contribution is 5.67. The molecule has 5 rings (SSSR count). The average molecular weight is 504 g/mol. The van der Waals surface area contributed by atoms with Crippen LogP contribution in [0.5, 0.6) is 0 Å².